The average molecular weight is 392 g/mol. The first-order valence-electron chi connectivity index (χ1n) is 8.22. The van der Waals surface area contributed by atoms with Gasteiger partial charge in [-0.25, -0.2) is 0 Å². The molecule has 1 saturated heterocycles. The van der Waals surface area contributed by atoms with E-state index in [1.54, 1.807) is 17.0 Å². The van der Waals surface area contributed by atoms with Crippen molar-refractivity contribution in [3.8, 4) is 0 Å². The molecule has 7 heteroatoms. The van der Waals surface area contributed by atoms with Crippen LogP contribution in [0.15, 0.2) is 36.4 Å². The number of benzene rings is 2. The molecule has 1 fully saturated rings. The maximum absolute atomic E-state index is 12.5. The molecule has 0 bridgehead atoms. The number of nitrogens with zero attached hydrogens (tertiary/aromatic N) is 1. The van der Waals surface area contributed by atoms with Crippen LogP contribution < -0.4 is 11.1 Å². The molecule has 0 unspecified atom stereocenters. The Morgan fingerprint density at radius 3 is 2.46 bits per heavy atom. The minimum absolute atomic E-state index is 0.0286. The number of carbonyl (C=O) groups is 2. The fourth-order valence-corrected chi connectivity index (χ4v) is 3.40. The molecule has 1 aliphatic heterocycles. The number of nitrogen functional groups attached to an aromatic ring is 1. The van der Waals surface area contributed by atoms with Crippen LogP contribution in [0.3, 0.4) is 0 Å². The molecule has 5 nitrogen and oxygen atoms in total. The fourth-order valence-electron chi connectivity index (χ4n) is 2.92. The predicted octanol–water partition coefficient (Wildman–Crippen LogP) is 3.87. The molecule has 0 spiro atoms. The lowest BCUT2D eigenvalue weighted by Gasteiger charge is -2.17. The Bertz CT molecular complexity index is 829. The minimum Gasteiger partial charge on any atom is -0.396 e. The fraction of sp³-hybridized carbons (Fsp3) is 0.263. The third kappa shape index (κ3) is 4.11. The van der Waals surface area contributed by atoms with Crippen LogP contribution in [0.1, 0.15) is 17.5 Å². The molecular weight excluding hydrogens is 373 g/mol. The van der Waals surface area contributed by atoms with Crippen LogP contribution in [0.5, 0.6) is 0 Å². The van der Waals surface area contributed by atoms with Crippen LogP contribution in [-0.2, 0) is 16.1 Å². The summed E-state index contributed by atoms with van der Waals surface area (Å²) in [7, 11) is 0. The molecule has 2 amide bonds. The Morgan fingerprint density at radius 2 is 1.85 bits per heavy atom. The van der Waals surface area contributed by atoms with Crippen molar-refractivity contribution in [3.05, 3.63) is 57.6 Å². The van der Waals surface area contributed by atoms with Crippen molar-refractivity contribution in [2.45, 2.75) is 19.9 Å². The Labute approximate surface area is 162 Å². The molecule has 0 saturated carbocycles. The number of nitrogens with two attached hydrogens (primary N) is 1. The van der Waals surface area contributed by atoms with Gasteiger partial charge < -0.3 is 16.0 Å². The standard InChI is InChI=1S/C19H19Cl2N3O2/c1-11-2-4-12(5-3-11)9-24-10-13(6-17(24)25)19(26)23-14-7-15(20)18(22)16(21)8-14/h2-5,7-8,13H,6,9-10,22H2,1H3,(H,23,26)/t13-/m0/s1. The lowest BCUT2D eigenvalue weighted by atomic mass is 10.1. The number of halogens is 2. The van der Waals surface area contributed by atoms with Gasteiger partial charge in [0.15, 0.2) is 0 Å². The molecule has 136 valence electrons. The van der Waals surface area contributed by atoms with E-state index in [9.17, 15) is 9.59 Å². The van der Waals surface area contributed by atoms with Crippen LogP contribution in [0.25, 0.3) is 0 Å². The topological polar surface area (TPSA) is 75.4 Å². The highest BCUT2D eigenvalue weighted by molar-refractivity contribution is 6.39. The zero-order valence-electron chi connectivity index (χ0n) is 14.3. The summed E-state index contributed by atoms with van der Waals surface area (Å²) in [5.41, 5.74) is 8.64. The number of anilines is 2. The molecule has 1 heterocycles. The van der Waals surface area contributed by atoms with Crippen molar-refractivity contribution >= 4 is 46.4 Å². The molecule has 2 aromatic rings. The normalized spacial score (nSPS) is 16.8. The SMILES string of the molecule is Cc1ccc(CN2C[C@@H](C(=O)Nc3cc(Cl)c(N)c(Cl)c3)CC2=O)cc1. The first-order chi connectivity index (χ1) is 12.3. The van der Waals surface area contributed by atoms with Crippen molar-refractivity contribution in [3.63, 3.8) is 0 Å². The van der Waals surface area contributed by atoms with E-state index < -0.39 is 5.92 Å². The van der Waals surface area contributed by atoms with Crippen molar-refractivity contribution in [2.75, 3.05) is 17.6 Å². The highest BCUT2D eigenvalue weighted by atomic mass is 35.5. The summed E-state index contributed by atoms with van der Waals surface area (Å²) in [6, 6.07) is 11.1. The van der Waals surface area contributed by atoms with Gasteiger partial charge in [0.1, 0.15) is 0 Å². The highest BCUT2D eigenvalue weighted by Gasteiger charge is 2.34. The van der Waals surface area contributed by atoms with Gasteiger partial charge >= 0.3 is 0 Å². The van der Waals surface area contributed by atoms with E-state index in [-0.39, 0.29) is 34.0 Å². The second-order valence-corrected chi connectivity index (χ2v) is 7.32. The molecule has 3 rings (SSSR count). The van der Waals surface area contributed by atoms with Crippen LogP contribution in [0.2, 0.25) is 10.0 Å². The summed E-state index contributed by atoms with van der Waals surface area (Å²) in [4.78, 5) is 26.5. The maximum Gasteiger partial charge on any atom is 0.229 e. The van der Waals surface area contributed by atoms with E-state index >= 15 is 0 Å². The second kappa shape index (κ2) is 7.56. The maximum atomic E-state index is 12.5. The number of rotatable bonds is 4. The molecule has 0 aliphatic carbocycles. The summed E-state index contributed by atoms with van der Waals surface area (Å²) >= 11 is 12.0. The summed E-state index contributed by atoms with van der Waals surface area (Å²) in [6.45, 7) is 2.90. The number of nitrogens with one attached hydrogen (secondary N) is 1. The number of hydrogen-bond donors (Lipinski definition) is 2. The van der Waals surface area contributed by atoms with E-state index in [1.165, 1.54) is 5.56 Å². The van der Waals surface area contributed by atoms with Gasteiger partial charge in [0.05, 0.1) is 21.7 Å². The smallest absolute Gasteiger partial charge is 0.229 e. The molecular formula is C19H19Cl2N3O2. The van der Waals surface area contributed by atoms with Gasteiger partial charge in [-0.2, -0.15) is 0 Å². The van der Waals surface area contributed by atoms with Crippen molar-refractivity contribution < 1.29 is 9.59 Å². The zero-order chi connectivity index (χ0) is 18.8. The Morgan fingerprint density at radius 1 is 1.23 bits per heavy atom. The molecule has 1 atom stereocenters. The van der Waals surface area contributed by atoms with Gasteiger partial charge in [-0.3, -0.25) is 9.59 Å². The Hall–Kier alpha value is -2.24. The number of aryl methyl sites for hydroxylation is 1. The van der Waals surface area contributed by atoms with Crippen LogP contribution in [0.4, 0.5) is 11.4 Å². The molecule has 3 N–H and O–H groups in total. The van der Waals surface area contributed by atoms with Gasteiger partial charge in [0.2, 0.25) is 11.8 Å². The van der Waals surface area contributed by atoms with E-state index in [2.05, 4.69) is 5.32 Å². The Balaban J connectivity index is 1.64. The summed E-state index contributed by atoms with van der Waals surface area (Å²) in [6.07, 6.45) is 0.189. The van der Waals surface area contributed by atoms with Crippen molar-refractivity contribution in [1.29, 1.82) is 0 Å². The monoisotopic (exact) mass is 391 g/mol. The van der Waals surface area contributed by atoms with Gasteiger partial charge in [-0.05, 0) is 24.6 Å². The molecule has 2 aromatic carbocycles. The number of likely N-dealkylation sites (tertiary alicyclic amines) is 1. The summed E-state index contributed by atoms with van der Waals surface area (Å²) in [5, 5.41) is 3.31. The Kier molecular flexibility index (Phi) is 5.39. The number of carbonyl (C=O) groups excluding carboxylic acids is 2. The quantitative estimate of drug-likeness (QED) is 0.776. The zero-order valence-corrected chi connectivity index (χ0v) is 15.8. The first-order valence-corrected chi connectivity index (χ1v) is 8.98. The van der Waals surface area contributed by atoms with Crippen molar-refractivity contribution in [2.24, 2.45) is 5.92 Å². The van der Waals surface area contributed by atoms with E-state index in [0.717, 1.165) is 5.56 Å². The molecule has 0 radical (unpaired) electrons. The lowest BCUT2D eigenvalue weighted by Crippen LogP contribution is -2.28. The average Bonchev–Trinajstić information content (AvgIpc) is 2.95. The van der Waals surface area contributed by atoms with E-state index in [4.69, 9.17) is 28.9 Å². The van der Waals surface area contributed by atoms with Gasteiger partial charge in [-0.1, -0.05) is 53.0 Å². The number of hydrogen-bond acceptors (Lipinski definition) is 3. The van der Waals surface area contributed by atoms with Crippen LogP contribution in [-0.4, -0.2) is 23.3 Å². The molecule has 26 heavy (non-hydrogen) atoms. The largest absolute Gasteiger partial charge is 0.396 e. The first kappa shape index (κ1) is 18.5. The second-order valence-electron chi connectivity index (χ2n) is 6.50. The van der Waals surface area contributed by atoms with Gasteiger partial charge in [-0.15, -0.1) is 0 Å². The third-order valence-electron chi connectivity index (χ3n) is 4.43. The lowest BCUT2D eigenvalue weighted by molar-refractivity contribution is -0.128. The van der Waals surface area contributed by atoms with Crippen molar-refractivity contribution in [1.82, 2.24) is 4.90 Å². The van der Waals surface area contributed by atoms with Gasteiger partial charge in [0.25, 0.3) is 0 Å². The third-order valence-corrected chi connectivity index (χ3v) is 5.05. The van der Waals surface area contributed by atoms with E-state index in [1.807, 2.05) is 31.2 Å². The minimum atomic E-state index is -0.414. The van der Waals surface area contributed by atoms with Gasteiger partial charge in [0, 0.05) is 25.2 Å². The molecule has 1 aliphatic rings. The summed E-state index contributed by atoms with van der Waals surface area (Å²) < 4.78 is 0. The number of amides is 2. The molecule has 0 aromatic heterocycles. The summed E-state index contributed by atoms with van der Waals surface area (Å²) in [5.74, 6) is -0.677. The predicted molar refractivity (Wildman–Crippen MR) is 104 cm³/mol. The highest BCUT2D eigenvalue weighted by Crippen LogP contribution is 2.31. The van der Waals surface area contributed by atoms with Crippen LogP contribution >= 0.6 is 23.2 Å². The van der Waals surface area contributed by atoms with Crippen LogP contribution in [0, 0.1) is 12.8 Å². The van der Waals surface area contributed by atoms with E-state index in [0.29, 0.717) is 18.8 Å².